The molecule has 11 heavy (non-hydrogen) atoms. The van der Waals surface area contributed by atoms with Crippen molar-refractivity contribution in [3.8, 4) is 0 Å². The first-order valence-electron chi connectivity index (χ1n) is 3.95. The van der Waals surface area contributed by atoms with Gasteiger partial charge in [-0.25, -0.2) is 0 Å². The molecule has 4 nitrogen and oxygen atoms in total. The highest BCUT2D eigenvalue weighted by atomic mass is 16.5. The molecule has 2 rings (SSSR count). The molecular weight excluding hydrogens is 146 g/mol. The first-order chi connectivity index (χ1) is 5.25. The number of hydrogen-bond donors (Lipinski definition) is 3. The molecule has 0 radical (unpaired) electrons. The van der Waals surface area contributed by atoms with Crippen molar-refractivity contribution in [3.63, 3.8) is 0 Å². The lowest BCUT2D eigenvalue weighted by Crippen LogP contribution is -2.44. The van der Waals surface area contributed by atoms with Crippen molar-refractivity contribution in [2.75, 3.05) is 19.7 Å². The molecule has 0 aromatic heterocycles. The predicted octanol–water partition coefficient (Wildman–Crippen LogP) is -1.53. The van der Waals surface area contributed by atoms with Crippen LogP contribution in [0.3, 0.4) is 0 Å². The molecule has 0 amide bonds. The van der Waals surface area contributed by atoms with Crippen molar-refractivity contribution in [1.82, 2.24) is 5.32 Å². The zero-order chi connectivity index (χ0) is 7.90. The molecular formula is C7H13NO3. The van der Waals surface area contributed by atoms with Crippen LogP contribution in [0.25, 0.3) is 0 Å². The number of nitrogens with one attached hydrogen (secondary N) is 1. The van der Waals surface area contributed by atoms with E-state index in [1.165, 1.54) is 0 Å². The first kappa shape index (κ1) is 7.49. The monoisotopic (exact) mass is 159 g/mol. The molecule has 0 aliphatic carbocycles. The van der Waals surface area contributed by atoms with E-state index >= 15 is 0 Å². The second-order valence-corrected chi connectivity index (χ2v) is 3.31. The van der Waals surface area contributed by atoms with Gasteiger partial charge >= 0.3 is 0 Å². The number of aliphatic hydroxyl groups excluding tert-OH is 2. The van der Waals surface area contributed by atoms with Crippen LogP contribution in [0.1, 0.15) is 6.42 Å². The van der Waals surface area contributed by atoms with Crippen LogP contribution in [0.4, 0.5) is 0 Å². The fraction of sp³-hybridized carbons (Fsp3) is 1.00. The Morgan fingerprint density at radius 1 is 1.45 bits per heavy atom. The number of rotatable bonds is 0. The molecule has 1 spiro atoms. The summed E-state index contributed by atoms with van der Waals surface area (Å²) in [6.07, 6.45) is -0.613. The Labute approximate surface area is 65.2 Å². The van der Waals surface area contributed by atoms with Gasteiger partial charge in [0.2, 0.25) is 0 Å². The van der Waals surface area contributed by atoms with Crippen molar-refractivity contribution < 1.29 is 14.9 Å². The number of aliphatic hydroxyl groups is 2. The minimum Gasteiger partial charge on any atom is -0.388 e. The topological polar surface area (TPSA) is 61.7 Å². The zero-order valence-corrected chi connectivity index (χ0v) is 6.29. The molecule has 2 aliphatic heterocycles. The van der Waals surface area contributed by atoms with Crippen LogP contribution in [0.5, 0.6) is 0 Å². The minimum absolute atomic E-state index is 0.267. The molecule has 2 fully saturated rings. The Bertz CT molecular complexity index is 156. The van der Waals surface area contributed by atoms with Gasteiger partial charge in [-0.2, -0.15) is 0 Å². The lowest BCUT2D eigenvalue weighted by atomic mass is 9.95. The molecule has 3 atom stereocenters. The van der Waals surface area contributed by atoms with E-state index in [9.17, 15) is 10.2 Å². The van der Waals surface area contributed by atoms with Gasteiger partial charge in [0.05, 0.1) is 6.61 Å². The van der Waals surface area contributed by atoms with Gasteiger partial charge in [-0.3, -0.25) is 0 Å². The van der Waals surface area contributed by atoms with E-state index in [0.29, 0.717) is 6.54 Å². The number of ether oxygens (including phenoxy) is 1. The van der Waals surface area contributed by atoms with E-state index in [4.69, 9.17) is 4.74 Å². The van der Waals surface area contributed by atoms with E-state index in [1.807, 2.05) is 0 Å². The van der Waals surface area contributed by atoms with E-state index in [1.54, 1.807) is 0 Å². The maximum absolute atomic E-state index is 9.53. The highest BCUT2D eigenvalue weighted by molar-refractivity contribution is 5.02. The summed E-state index contributed by atoms with van der Waals surface area (Å²) in [6.45, 7) is 1.79. The Hall–Kier alpha value is -0.160. The molecule has 0 aromatic carbocycles. The fourth-order valence-corrected chi connectivity index (χ4v) is 1.84. The van der Waals surface area contributed by atoms with Gasteiger partial charge in [0.1, 0.15) is 17.8 Å². The third-order valence-electron chi connectivity index (χ3n) is 2.59. The summed E-state index contributed by atoms with van der Waals surface area (Å²) in [5.74, 6) is 0. The van der Waals surface area contributed by atoms with Crippen molar-refractivity contribution in [2.24, 2.45) is 0 Å². The Kier molecular flexibility index (Phi) is 1.64. The maximum Gasteiger partial charge on any atom is 0.112 e. The largest absolute Gasteiger partial charge is 0.388 e. The van der Waals surface area contributed by atoms with E-state index < -0.39 is 17.8 Å². The molecule has 2 heterocycles. The highest BCUT2D eigenvalue weighted by Crippen LogP contribution is 2.31. The molecule has 4 heteroatoms. The lowest BCUT2D eigenvalue weighted by molar-refractivity contribution is -0.0489. The molecule has 64 valence electrons. The van der Waals surface area contributed by atoms with Crippen LogP contribution in [0.15, 0.2) is 0 Å². The SMILES string of the molecule is O[C@H]1COC2(CCNC2)[C@H]1O. The van der Waals surface area contributed by atoms with Crippen LogP contribution < -0.4 is 5.32 Å². The number of hydrogen-bond acceptors (Lipinski definition) is 4. The van der Waals surface area contributed by atoms with Gasteiger partial charge in [0.25, 0.3) is 0 Å². The van der Waals surface area contributed by atoms with Crippen LogP contribution in [-0.2, 0) is 4.74 Å². The molecule has 1 unspecified atom stereocenters. The Balaban J connectivity index is 2.13. The van der Waals surface area contributed by atoms with E-state index in [0.717, 1.165) is 13.0 Å². The Morgan fingerprint density at radius 3 is 2.73 bits per heavy atom. The second-order valence-electron chi connectivity index (χ2n) is 3.31. The van der Waals surface area contributed by atoms with Crippen molar-refractivity contribution >= 4 is 0 Å². The van der Waals surface area contributed by atoms with Crippen LogP contribution in [-0.4, -0.2) is 47.7 Å². The third kappa shape index (κ3) is 0.980. The summed E-state index contributed by atoms with van der Waals surface area (Å²) >= 11 is 0. The molecule has 0 saturated carbocycles. The summed E-state index contributed by atoms with van der Waals surface area (Å²) in [5, 5.41) is 21.9. The van der Waals surface area contributed by atoms with Crippen LogP contribution in [0.2, 0.25) is 0 Å². The summed E-state index contributed by atoms with van der Waals surface area (Å²) in [4.78, 5) is 0. The van der Waals surface area contributed by atoms with Gasteiger partial charge in [0, 0.05) is 6.54 Å². The summed E-state index contributed by atoms with van der Waals surface area (Å²) < 4.78 is 5.36. The van der Waals surface area contributed by atoms with Crippen molar-refractivity contribution in [1.29, 1.82) is 0 Å². The maximum atomic E-state index is 9.53. The van der Waals surface area contributed by atoms with Gasteiger partial charge in [0.15, 0.2) is 0 Å². The van der Waals surface area contributed by atoms with Gasteiger partial charge in [-0.05, 0) is 13.0 Å². The molecule has 2 saturated heterocycles. The summed E-state index contributed by atoms with van der Waals surface area (Å²) in [6, 6.07) is 0. The Morgan fingerprint density at radius 2 is 2.27 bits per heavy atom. The highest BCUT2D eigenvalue weighted by Gasteiger charge is 2.50. The normalized spacial score (nSPS) is 50.7. The lowest BCUT2D eigenvalue weighted by Gasteiger charge is -2.25. The molecule has 3 N–H and O–H groups in total. The van der Waals surface area contributed by atoms with Crippen molar-refractivity contribution in [2.45, 2.75) is 24.2 Å². The smallest absolute Gasteiger partial charge is 0.112 e. The second kappa shape index (κ2) is 2.42. The van der Waals surface area contributed by atoms with Gasteiger partial charge < -0.3 is 20.3 Å². The zero-order valence-electron chi connectivity index (χ0n) is 6.29. The third-order valence-corrected chi connectivity index (χ3v) is 2.59. The van der Waals surface area contributed by atoms with E-state index in [2.05, 4.69) is 5.32 Å². The van der Waals surface area contributed by atoms with Crippen LogP contribution in [0, 0.1) is 0 Å². The van der Waals surface area contributed by atoms with Crippen molar-refractivity contribution in [3.05, 3.63) is 0 Å². The average molecular weight is 159 g/mol. The molecule has 0 aromatic rings. The van der Waals surface area contributed by atoms with E-state index in [-0.39, 0.29) is 6.61 Å². The minimum atomic E-state index is -0.711. The summed E-state index contributed by atoms with van der Waals surface area (Å²) in [7, 11) is 0. The molecule has 0 bridgehead atoms. The first-order valence-corrected chi connectivity index (χ1v) is 3.95. The van der Waals surface area contributed by atoms with Gasteiger partial charge in [-0.15, -0.1) is 0 Å². The fourth-order valence-electron chi connectivity index (χ4n) is 1.84. The van der Waals surface area contributed by atoms with Gasteiger partial charge in [-0.1, -0.05) is 0 Å². The molecule has 2 aliphatic rings. The van der Waals surface area contributed by atoms with Crippen LogP contribution >= 0.6 is 0 Å². The standard InChI is InChI=1S/C7H13NO3/c9-5-3-11-7(6(5)10)1-2-8-4-7/h5-6,8-10H,1-4H2/t5-,6-,7?/m0/s1. The quantitative estimate of drug-likeness (QED) is 0.401. The summed E-state index contributed by atoms with van der Waals surface area (Å²) in [5.41, 5.74) is -0.487. The average Bonchev–Trinajstić information content (AvgIpc) is 2.56. The predicted molar refractivity (Wildman–Crippen MR) is 38.2 cm³/mol.